The SMILES string of the molecule is Cl.Cl.NC(=O)CCN1CCC(c2ccccn2)CC1. The molecule has 1 aliphatic rings. The number of nitrogens with zero attached hydrogens (tertiary/aromatic N) is 2. The van der Waals surface area contributed by atoms with E-state index < -0.39 is 0 Å². The molecule has 19 heavy (non-hydrogen) atoms. The molecule has 1 aromatic rings. The maximum atomic E-state index is 10.7. The maximum Gasteiger partial charge on any atom is 0.218 e. The third-order valence-corrected chi connectivity index (χ3v) is 3.37. The quantitative estimate of drug-likeness (QED) is 0.925. The first-order valence-corrected chi connectivity index (χ1v) is 6.17. The predicted octanol–water partition coefficient (Wildman–Crippen LogP) is 1.98. The second-order valence-corrected chi connectivity index (χ2v) is 4.59. The van der Waals surface area contributed by atoms with E-state index >= 15 is 0 Å². The molecular formula is C13H21Cl2N3O. The number of halogens is 2. The first-order valence-electron chi connectivity index (χ1n) is 6.17. The number of aromatic nitrogens is 1. The van der Waals surface area contributed by atoms with Crippen LogP contribution in [0.25, 0.3) is 0 Å². The minimum Gasteiger partial charge on any atom is -0.370 e. The van der Waals surface area contributed by atoms with Gasteiger partial charge in [-0.25, -0.2) is 0 Å². The zero-order valence-electron chi connectivity index (χ0n) is 10.8. The Morgan fingerprint density at radius 3 is 2.53 bits per heavy atom. The van der Waals surface area contributed by atoms with Gasteiger partial charge in [-0.15, -0.1) is 24.8 Å². The predicted molar refractivity (Wildman–Crippen MR) is 81.0 cm³/mol. The van der Waals surface area contributed by atoms with Gasteiger partial charge in [0.05, 0.1) is 0 Å². The molecule has 1 amide bonds. The van der Waals surface area contributed by atoms with Crippen molar-refractivity contribution in [1.82, 2.24) is 9.88 Å². The van der Waals surface area contributed by atoms with Gasteiger partial charge in [0.1, 0.15) is 0 Å². The molecule has 1 aromatic heterocycles. The van der Waals surface area contributed by atoms with Crippen molar-refractivity contribution >= 4 is 30.7 Å². The van der Waals surface area contributed by atoms with Gasteiger partial charge in [0, 0.05) is 30.8 Å². The highest BCUT2D eigenvalue weighted by atomic mass is 35.5. The van der Waals surface area contributed by atoms with Crippen molar-refractivity contribution in [2.45, 2.75) is 25.2 Å². The number of carbonyl (C=O) groups excluding carboxylic acids is 1. The second-order valence-electron chi connectivity index (χ2n) is 4.59. The summed E-state index contributed by atoms with van der Waals surface area (Å²) in [5.74, 6) is 0.359. The Bertz CT molecular complexity index is 367. The molecule has 0 spiro atoms. The summed E-state index contributed by atoms with van der Waals surface area (Å²) in [6, 6.07) is 6.09. The summed E-state index contributed by atoms with van der Waals surface area (Å²) in [5, 5.41) is 0. The molecule has 0 unspecified atom stereocenters. The van der Waals surface area contributed by atoms with Crippen molar-refractivity contribution in [2.24, 2.45) is 5.73 Å². The van der Waals surface area contributed by atoms with Crippen LogP contribution in [0.5, 0.6) is 0 Å². The van der Waals surface area contributed by atoms with Crippen LogP contribution in [0.1, 0.15) is 30.9 Å². The number of piperidine rings is 1. The molecule has 1 aliphatic heterocycles. The number of likely N-dealkylation sites (tertiary alicyclic amines) is 1. The van der Waals surface area contributed by atoms with Gasteiger partial charge in [-0.05, 0) is 38.1 Å². The van der Waals surface area contributed by atoms with Crippen LogP contribution in [0.15, 0.2) is 24.4 Å². The molecule has 0 radical (unpaired) electrons. The average molecular weight is 306 g/mol. The lowest BCUT2D eigenvalue weighted by Crippen LogP contribution is -2.35. The van der Waals surface area contributed by atoms with Gasteiger partial charge in [0.15, 0.2) is 0 Å². The highest BCUT2D eigenvalue weighted by Crippen LogP contribution is 2.26. The smallest absolute Gasteiger partial charge is 0.218 e. The Balaban J connectivity index is 0.00000162. The molecule has 1 saturated heterocycles. The Morgan fingerprint density at radius 1 is 1.32 bits per heavy atom. The second kappa shape index (κ2) is 9.13. The van der Waals surface area contributed by atoms with Crippen molar-refractivity contribution in [3.63, 3.8) is 0 Å². The lowest BCUT2D eigenvalue weighted by molar-refractivity contribution is -0.118. The highest BCUT2D eigenvalue weighted by molar-refractivity contribution is 5.85. The van der Waals surface area contributed by atoms with Crippen LogP contribution >= 0.6 is 24.8 Å². The summed E-state index contributed by atoms with van der Waals surface area (Å²) < 4.78 is 0. The van der Waals surface area contributed by atoms with Crippen molar-refractivity contribution in [1.29, 1.82) is 0 Å². The molecule has 0 aromatic carbocycles. The fourth-order valence-electron chi connectivity index (χ4n) is 2.34. The molecule has 0 saturated carbocycles. The fourth-order valence-corrected chi connectivity index (χ4v) is 2.34. The van der Waals surface area contributed by atoms with Crippen LogP contribution < -0.4 is 5.73 Å². The van der Waals surface area contributed by atoms with Gasteiger partial charge >= 0.3 is 0 Å². The summed E-state index contributed by atoms with van der Waals surface area (Å²) >= 11 is 0. The van der Waals surface area contributed by atoms with Crippen LogP contribution in [-0.4, -0.2) is 35.4 Å². The molecule has 6 heteroatoms. The van der Waals surface area contributed by atoms with Gasteiger partial charge < -0.3 is 10.6 Å². The maximum absolute atomic E-state index is 10.7. The number of rotatable bonds is 4. The summed E-state index contributed by atoms with van der Waals surface area (Å²) in [6.07, 6.45) is 4.56. The summed E-state index contributed by atoms with van der Waals surface area (Å²) in [7, 11) is 0. The van der Waals surface area contributed by atoms with E-state index in [1.54, 1.807) is 0 Å². The first-order chi connectivity index (χ1) is 8.25. The molecule has 108 valence electrons. The largest absolute Gasteiger partial charge is 0.370 e. The van der Waals surface area contributed by atoms with E-state index in [0.717, 1.165) is 32.5 Å². The van der Waals surface area contributed by atoms with Crippen LogP contribution in [0.2, 0.25) is 0 Å². The lowest BCUT2D eigenvalue weighted by Gasteiger charge is -2.31. The number of hydrogen-bond acceptors (Lipinski definition) is 3. The van der Waals surface area contributed by atoms with Gasteiger partial charge in [-0.1, -0.05) is 6.07 Å². The Labute approximate surface area is 126 Å². The minimum absolute atomic E-state index is 0. The zero-order valence-corrected chi connectivity index (χ0v) is 12.5. The first kappa shape index (κ1) is 18.2. The molecular weight excluding hydrogens is 285 g/mol. The summed E-state index contributed by atoms with van der Waals surface area (Å²) in [4.78, 5) is 17.4. The summed E-state index contributed by atoms with van der Waals surface area (Å²) in [6.45, 7) is 2.87. The molecule has 0 aliphatic carbocycles. The van der Waals surface area contributed by atoms with Gasteiger partial charge in [-0.3, -0.25) is 9.78 Å². The zero-order chi connectivity index (χ0) is 12.1. The van der Waals surface area contributed by atoms with E-state index in [9.17, 15) is 4.79 Å². The molecule has 1 fully saturated rings. The van der Waals surface area contributed by atoms with Crippen LogP contribution in [-0.2, 0) is 4.79 Å². The molecule has 2 N–H and O–H groups in total. The number of nitrogens with two attached hydrogens (primary N) is 1. The average Bonchev–Trinajstić information content (AvgIpc) is 2.38. The number of pyridine rings is 1. The number of hydrogen-bond donors (Lipinski definition) is 1. The van der Waals surface area contributed by atoms with E-state index in [1.807, 2.05) is 18.3 Å². The molecule has 0 bridgehead atoms. The Kier molecular flexibility index (Phi) is 8.72. The van der Waals surface area contributed by atoms with Gasteiger partial charge in [0.2, 0.25) is 5.91 Å². The molecule has 2 heterocycles. The molecule has 4 nitrogen and oxygen atoms in total. The van der Waals surface area contributed by atoms with Crippen LogP contribution in [0.4, 0.5) is 0 Å². The van der Waals surface area contributed by atoms with Crippen molar-refractivity contribution in [3.8, 4) is 0 Å². The van der Waals surface area contributed by atoms with Crippen molar-refractivity contribution < 1.29 is 4.79 Å². The highest BCUT2D eigenvalue weighted by Gasteiger charge is 2.21. The number of carbonyl (C=O) groups is 1. The fraction of sp³-hybridized carbons (Fsp3) is 0.538. The van der Waals surface area contributed by atoms with E-state index in [1.165, 1.54) is 5.69 Å². The minimum atomic E-state index is -0.211. The monoisotopic (exact) mass is 305 g/mol. The third kappa shape index (κ3) is 5.76. The van der Waals surface area contributed by atoms with Crippen LogP contribution in [0, 0.1) is 0 Å². The topological polar surface area (TPSA) is 59.2 Å². The Hall–Kier alpha value is -0.840. The van der Waals surface area contributed by atoms with Gasteiger partial charge in [-0.2, -0.15) is 0 Å². The van der Waals surface area contributed by atoms with E-state index in [-0.39, 0.29) is 30.7 Å². The van der Waals surface area contributed by atoms with Crippen molar-refractivity contribution in [3.05, 3.63) is 30.1 Å². The Morgan fingerprint density at radius 2 is 2.00 bits per heavy atom. The molecule has 2 rings (SSSR count). The third-order valence-electron chi connectivity index (χ3n) is 3.37. The van der Waals surface area contributed by atoms with Crippen molar-refractivity contribution in [2.75, 3.05) is 19.6 Å². The van der Waals surface area contributed by atoms with Gasteiger partial charge in [0.25, 0.3) is 0 Å². The van der Waals surface area contributed by atoms with E-state index in [2.05, 4.69) is 16.0 Å². The number of primary amides is 1. The van der Waals surface area contributed by atoms with E-state index in [0.29, 0.717) is 12.3 Å². The standard InChI is InChI=1S/C13H19N3O.2ClH/c14-13(17)6-10-16-8-4-11(5-9-16)12-3-1-2-7-15-12;;/h1-3,7,11H,4-6,8-10H2,(H2,14,17);2*1H. The molecule has 0 atom stereocenters. The summed E-state index contributed by atoms with van der Waals surface area (Å²) in [5.41, 5.74) is 6.35. The van der Waals surface area contributed by atoms with E-state index in [4.69, 9.17) is 5.73 Å². The lowest BCUT2D eigenvalue weighted by atomic mass is 9.93. The number of amides is 1. The van der Waals surface area contributed by atoms with Crippen LogP contribution in [0.3, 0.4) is 0 Å². The normalized spacial score (nSPS) is 16.2.